The third kappa shape index (κ3) is 7.10. The largest absolute Gasteiger partial charge is 1.00 e. The maximum Gasteiger partial charge on any atom is 1.00 e. The Bertz CT molecular complexity index is 187. The van der Waals surface area contributed by atoms with Gasteiger partial charge in [-0.25, -0.2) is 0 Å². The van der Waals surface area contributed by atoms with E-state index in [-0.39, 0.29) is 70.6 Å². The van der Waals surface area contributed by atoms with E-state index in [0.29, 0.717) is 0 Å². The summed E-state index contributed by atoms with van der Waals surface area (Å²) in [7, 11) is 0. The Hall–Kier alpha value is 1.83. The number of hydrogen-bond donors (Lipinski definition) is 0. The minimum absolute atomic E-state index is 0. The molecular formula is C22H36LiLu-. The molecule has 0 spiro atoms. The molecule has 2 aliphatic rings. The van der Waals surface area contributed by atoms with E-state index < -0.39 is 0 Å². The molecule has 0 bridgehead atoms. The van der Waals surface area contributed by atoms with Crippen LogP contribution in [0.15, 0.2) is 0 Å². The van der Waals surface area contributed by atoms with Crippen LogP contribution >= 0.6 is 0 Å². The van der Waals surface area contributed by atoms with Crippen LogP contribution < -0.4 is 18.9 Å². The van der Waals surface area contributed by atoms with Crippen LogP contribution in [-0.2, 0) is 0 Å². The van der Waals surface area contributed by atoms with Crippen molar-refractivity contribution in [1.29, 1.82) is 0 Å². The van der Waals surface area contributed by atoms with E-state index in [2.05, 4.69) is 69.2 Å². The molecule has 11 radical (unpaired) electrons. The van der Waals surface area contributed by atoms with Gasteiger partial charge >= 0.3 is 18.9 Å². The molecular weight excluding hydrogens is 446 g/mol. The SMILES string of the molecule is C[C]1[C](C)[C](C)[C](C)[C]1C.C[C]1[C](C)[C](C)[C](C)[C]1C.[CH3-].[CH3-].[Li+].[Lu]. The molecule has 2 rings (SSSR count). The van der Waals surface area contributed by atoms with Gasteiger partial charge in [-0.15, -0.1) is 0 Å². The van der Waals surface area contributed by atoms with E-state index in [1.165, 1.54) is 59.2 Å². The Balaban J connectivity index is -0.000000143. The minimum Gasteiger partial charge on any atom is -0.358 e. The van der Waals surface area contributed by atoms with Gasteiger partial charge in [0.1, 0.15) is 0 Å². The fourth-order valence-corrected chi connectivity index (χ4v) is 2.81. The van der Waals surface area contributed by atoms with Gasteiger partial charge in [-0.05, 0) is 59.2 Å². The van der Waals surface area contributed by atoms with Gasteiger partial charge in [-0.1, -0.05) is 69.2 Å². The van der Waals surface area contributed by atoms with Crippen molar-refractivity contribution in [1.82, 2.24) is 0 Å². The zero-order valence-electron chi connectivity index (χ0n) is 18.3. The first-order valence-corrected chi connectivity index (χ1v) is 7.50. The van der Waals surface area contributed by atoms with Gasteiger partial charge in [-0.2, -0.15) is 0 Å². The van der Waals surface area contributed by atoms with Crippen molar-refractivity contribution in [3.8, 4) is 0 Å². The molecule has 0 atom stereocenters. The predicted octanol–water partition coefficient (Wildman–Crippen LogP) is 3.85. The average molecular weight is 482 g/mol. The van der Waals surface area contributed by atoms with Crippen molar-refractivity contribution >= 4 is 0 Å². The standard InChI is InChI=1S/2C10H15.2CH3.Li.Lu/c2*1-6-7(2)9(4)10(5)8(6)3;;;;/h2*1-5H3;2*1H3;;/q;;2*-1;+1;. The topological polar surface area (TPSA) is 0 Å². The molecule has 0 saturated heterocycles. The van der Waals surface area contributed by atoms with Crippen LogP contribution in [-0.4, -0.2) is 0 Å². The molecule has 2 aliphatic carbocycles. The third-order valence-electron chi connectivity index (χ3n) is 5.62. The Kier molecular flexibility index (Phi) is 19.4. The third-order valence-corrected chi connectivity index (χ3v) is 5.62. The van der Waals surface area contributed by atoms with Crippen molar-refractivity contribution in [2.24, 2.45) is 0 Å². The monoisotopic (exact) mass is 482 g/mol. The van der Waals surface area contributed by atoms with Crippen molar-refractivity contribution in [2.75, 3.05) is 0 Å². The van der Waals surface area contributed by atoms with Crippen LogP contribution in [0.5, 0.6) is 0 Å². The first-order valence-electron chi connectivity index (χ1n) is 7.50. The summed E-state index contributed by atoms with van der Waals surface area (Å²) in [6.45, 7) is 22.0. The zero-order valence-corrected chi connectivity index (χ0v) is 19.9. The van der Waals surface area contributed by atoms with Crippen molar-refractivity contribution in [3.05, 3.63) is 74.0 Å². The fourth-order valence-electron chi connectivity index (χ4n) is 2.81. The second-order valence-corrected chi connectivity index (χ2v) is 6.25. The summed E-state index contributed by atoms with van der Waals surface area (Å²) < 4.78 is 0. The minimum atomic E-state index is 0. The molecule has 0 aromatic rings. The molecule has 2 saturated carbocycles. The summed E-state index contributed by atoms with van der Waals surface area (Å²) in [6, 6.07) is 0. The zero-order chi connectivity index (χ0) is 15.8. The van der Waals surface area contributed by atoms with E-state index in [1.54, 1.807) is 0 Å². The molecule has 0 amide bonds. The molecule has 141 valence electrons. The summed E-state index contributed by atoms with van der Waals surface area (Å²) in [5.41, 5.74) is 0. The van der Waals surface area contributed by atoms with E-state index in [9.17, 15) is 0 Å². The molecule has 2 heteroatoms. The van der Waals surface area contributed by atoms with Gasteiger partial charge in [0.05, 0.1) is 0 Å². The molecule has 24 heavy (non-hydrogen) atoms. The van der Waals surface area contributed by atoms with Gasteiger partial charge < -0.3 is 14.9 Å². The fraction of sp³-hybridized carbons (Fsp3) is 0.455. The molecule has 0 aliphatic heterocycles. The molecule has 0 unspecified atom stereocenters. The Morgan fingerprint density at radius 1 is 0.292 bits per heavy atom. The van der Waals surface area contributed by atoms with Gasteiger partial charge in [0, 0.05) is 36.9 Å². The predicted molar refractivity (Wildman–Crippen MR) is 102 cm³/mol. The van der Waals surface area contributed by atoms with Crippen LogP contribution in [0.1, 0.15) is 69.2 Å². The van der Waals surface area contributed by atoms with E-state index in [4.69, 9.17) is 0 Å². The second-order valence-electron chi connectivity index (χ2n) is 6.25. The average Bonchev–Trinajstić information content (AvgIpc) is 2.71. The summed E-state index contributed by atoms with van der Waals surface area (Å²) >= 11 is 0. The first-order chi connectivity index (χ1) is 9.11. The van der Waals surface area contributed by atoms with Crippen LogP contribution in [0.4, 0.5) is 0 Å². The molecule has 2 fully saturated rings. The normalized spacial score (nSPS) is 23.8. The molecule has 0 nitrogen and oxygen atoms in total. The maximum atomic E-state index is 2.20. The number of hydrogen-bond acceptors (Lipinski definition) is 0. The van der Waals surface area contributed by atoms with Crippen LogP contribution in [0.3, 0.4) is 0 Å². The molecule has 0 aromatic carbocycles. The quantitative estimate of drug-likeness (QED) is 0.364. The summed E-state index contributed by atoms with van der Waals surface area (Å²) in [4.78, 5) is 0. The van der Waals surface area contributed by atoms with E-state index in [0.717, 1.165) is 0 Å². The molecule has 0 N–H and O–H groups in total. The van der Waals surface area contributed by atoms with E-state index >= 15 is 0 Å². The van der Waals surface area contributed by atoms with Crippen molar-refractivity contribution in [2.45, 2.75) is 69.2 Å². The van der Waals surface area contributed by atoms with E-state index in [1.807, 2.05) is 0 Å². The van der Waals surface area contributed by atoms with Crippen molar-refractivity contribution < 1.29 is 55.7 Å². The smallest absolute Gasteiger partial charge is 0.358 e. The Morgan fingerprint density at radius 3 is 0.375 bits per heavy atom. The summed E-state index contributed by atoms with van der Waals surface area (Å²) in [6.07, 6.45) is 0. The second kappa shape index (κ2) is 13.9. The summed E-state index contributed by atoms with van der Waals surface area (Å²) in [5.74, 6) is 14.7. The maximum absolute atomic E-state index is 2.20. The van der Waals surface area contributed by atoms with Gasteiger partial charge in [-0.3, -0.25) is 0 Å². The van der Waals surface area contributed by atoms with Crippen LogP contribution in [0, 0.1) is 111 Å². The van der Waals surface area contributed by atoms with Crippen molar-refractivity contribution in [3.63, 3.8) is 0 Å². The van der Waals surface area contributed by atoms with Crippen LogP contribution in [0.2, 0.25) is 0 Å². The van der Waals surface area contributed by atoms with Crippen LogP contribution in [0.25, 0.3) is 0 Å². The Morgan fingerprint density at radius 2 is 0.333 bits per heavy atom. The Labute approximate surface area is 197 Å². The van der Waals surface area contributed by atoms with Gasteiger partial charge in [0.25, 0.3) is 0 Å². The van der Waals surface area contributed by atoms with Gasteiger partial charge in [0.2, 0.25) is 0 Å². The molecule has 0 heterocycles. The molecule has 0 aromatic heterocycles. The number of rotatable bonds is 0. The first kappa shape index (κ1) is 33.4. The summed E-state index contributed by atoms with van der Waals surface area (Å²) in [5, 5.41) is 0. The van der Waals surface area contributed by atoms with Gasteiger partial charge in [0.15, 0.2) is 0 Å².